The minimum Gasteiger partial charge on any atom is -0.399 e. The third-order valence-corrected chi connectivity index (χ3v) is 2.61. The zero-order chi connectivity index (χ0) is 13.1. The summed E-state index contributed by atoms with van der Waals surface area (Å²) < 4.78 is 1.73. The van der Waals surface area contributed by atoms with Crippen LogP contribution in [0.3, 0.4) is 0 Å². The van der Waals surface area contributed by atoms with E-state index in [4.69, 9.17) is 17.3 Å². The van der Waals surface area contributed by atoms with Crippen molar-refractivity contribution < 1.29 is 4.79 Å². The first kappa shape index (κ1) is 12.4. The first-order chi connectivity index (χ1) is 8.56. The zero-order valence-corrected chi connectivity index (χ0v) is 10.5. The molecule has 0 saturated heterocycles. The van der Waals surface area contributed by atoms with E-state index in [1.165, 1.54) is 0 Å². The molecule has 0 radical (unpaired) electrons. The largest absolute Gasteiger partial charge is 0.399 e. The first-order valence-corrected chi connectivity index (χ1v) is 5.61. The quantitative estimate of drug-likeness (QED) is 0.810. The van der Waals surface area contributed by atoms with Crippen LogP contribution in [-0.4, -0.2) is 20.7 Å². The fourth-order valence-electron chi connectivity index (χ4n) is 1.47. The van der Waals surface area contributed by atoms with Gasteiger partial charge in [0, 0.05) is 23.3 Å². The number of nitrogen functional groups attached to an aromatic ring is 1. The summed E-state index contributed by atoms with van der Waals surface area (Å²) in [4.78, 5) is 11.9. The van der Waals surface area contributed by atoms with Crippen molar-refractivity contribution in [1.29, 1.82) is 0 Å². The molecule has 0 aliphatic carbocycles. The number of anilines is 1. The van der Waals surface area contributed by atoms with Crippen LogP contribution in [0.4, 0.5) is 5.69 Å². The van der Waals surface area contributed by atoms with Gasteiger partial charge in [0.25, 0.3) is 5.91 Å². The van der Waals surface area contributed by atoms with E-state index in [9.17, 15) is 4.79 Å². The van der Waals surface area contributed by atoms with E-state index in [-0.39, 0.29) is 5.91 Å². The second-order valence-electron chi connectivity index (χ2n) is 3.81. The average molecular weight is 266 g/mol. The number of hydrogen-bond donors (Lipinski definition) is 2. The third-order valence-electron chi connectivity index (χ3n) is 2.39. The Morgan fingerprint density at radius 2 is 2.28 bits per heavy atom. The molecule has 3 N–H and O–H groups in total. The second kappa shape index (κ2) is 5.05. The molecule has 0 bridgehead atoms. The van der Waals surface area contributed by atoms with Gasteiger partial charge in [0.2, 0.25) is 0 Å². The summed E-state index contributed by atoms with van der Waals surface area (Å²) >= 11 is 5.83. The number of hydrogen-bond acceptors (Lipinski definition) is 4. The van der Waals surface area contributed by atoms with Gasteiger partial charge < -0.3 is 15.6 Å². The maximum atomic E-state index is 11.9. The van der Waals surface area contributed by atoms with Gasteiger partial charge in [-0.3, -0.25) is 4.79 Å². The Morgan fingerprint density at radius 3 is 2.89 bits per heavy atom. The van der Waals surface area contributed by atoms with Crippen LogP contribution in [0, 0.1) is 0 Å². The molecule has 6 nitrogen and oxygen atoms in total. The molecule has 2 aromatic rings. The molecular formula is C11H12ClN5O. The average Bonchev–Trinajstić information content (AvgIpc) is 2.70. The number of carbonyl (C=O) groups is 1. The van der Waals surface area contributed by atoms with E-state index in [0.29, 0.717) is 28.6 Å². The van der Waals surface area contributed by atoms with Crippen molar-refractivity contribution >= 4 is 23.2 Å². The molecule has 0 saturated carbocycles. The maximum absolute atomic E-state index is 11.9. The van der Waals surface area contributed by atoms with Gasteiger partial charge in [0.05, 0.1) is 6.54 Å². The van der Waals surface area contributed by atoms with E-state index in [1.807, 2.05) is 0 Å². The number of halogens is 1. The van der Waals surface area contributed by atoms with Crippen LogP contribution in [0.2, 0.25) is 5.02 Å². The summed E-state index contributed by atoms with van der Waals surface area (Å²) in [6, 6.07) is 4.71. The summed E-state index contributed by atoms with van der Waals surface area (Å²) in [5, 5.41) is 10.7. The monoisotopic (exact) mass is 265 g/mol. The lowest BCUT2D eigenvalue weighted by Gasteiger charge is -2.06. The molecular weight excluding hydrogens is 254 g/mol. The normalized spacial score (nSPS) is 10.3. The van der Waals surface area contributed by atoms with Crippen LogP contribution >= 0.6 is 11.6 Å². The Balaban J connectivity index is 2.06. The number of nitrogens with zero attached hydrogens (tertiary/aromatic N) is 3. The smallest absolute Gasteiger partial charge is 0.251 e. The summed E-state index contributed by atoms with van der Waals surface area (Å²) in [5.41, 5.74) is 6.49. The van der Waals surface area contributed by atoms with E-state index in [2.05, 4.69) is 15.5 Å². The molecule has 0 unspecified atom stereocenters. The van der Waals surface area contributed by atoms with Gasteiger partial charge in [0.15, 0.2) is 5.82 Å². The fraction of sp³-hybridized carbons (Fsp3) is 0.182. The van der Waals surface area contributed by atoms with Gasteiger partial charge in [-0.2, -0.15) is 0 Å². The molecule has 2 rings (SSSR count). The molecule has 0 aliphatic rings. The van der Waals surface area contributed by atoms with Gasteiger partial charge in [-0.25, -0.2) is 0 Å². The number of nitrogens with two attached hydrogens (primary N) is 1. The summed E-state index contributed by atoms with van der Waals surface area (Å²) in [6.07, 6.45) is 1.57. The number of benzene rings is 1. The molecule has 0 fully saturated rings. The van der Waals surface area contributed by atoms with Crippen molar-refractivity contribution in [3.8, 4) is 0 Å². The summed E-state index contributed by atoms with van der Waals surface area (Å²) in [5.74, 6) is 0.408. The lowest BCUT2D eigenvalue weighted by atomic mass is 10.2. The summed E-state index contributed by atoms with van der Waals surface area (Å²) in [6.45, 7) is 0.293. The number of amides is 1. The second-order valence-corrected chi connectivity index (χ2v) is 4.25. The number of aromatic nitrogens is 3. The zero-order valence-electron chi connectivity index (χ0n) is 9.72. The van der Waals surface area contributed by atoms with Crippen molar-refractivity contribution in [2.24, 2.45) is 7.05 Å². The SMILES string of the molecule is Cn1cnnc1CNC(=O)c1cc(N)cc(Cl)c1. The molecule has 0 spiro atoms. The van der Waals surface area contributed by atoms with Crippen molar-refractivity contribution in [1.82, 2.24) is 20.1 Å². The Kier molecular flexibility index (Phi) is 3.47. The van der Waals surface area contributed by atoms with E-state index in [1.54, 1.807) is 36.1 Å². The van der Waals surface area contributed by atoms with Gasteiger partial charge in [0.1, 0.15) is 6.33 Å². The van der Waals surface area contributed by atoms with Crippen molar-refractivity contribution in [3.63, 3.8) is 0 Å². The van der Waals surface area contributed by atoms with Gasteiger partial charge in [-0.1, -0.05) is 11.6 Å². The van der Waals surface area contributed by atoms with Gasteiger partial charge in [-0.05, 0) is 18.2 Å². The van der Waals surface area contributed by atoms with Crippen LogP contribution < -0.4 is 11.1 Å². The molecule has 0 atom stereocenters. The first-order valence-electron chi connectivity index (χ1n) is 5.23. The summed E-state index contributed by atoms with van der Waals surface area (Å²) in [7, 11) is 1.80. The van der Waals surface area contributed by atoms with Gasteiger partial charge in [-0.15, -0.1) is 10.2 Å². The Morgan fingerprint density at radius 1 is 1.50 bits per heavy atom. The minimum absolute atomic E-state index is 0.257. The lowest BCUT2D eigenvalue weighted by Crippen LogP contribution is -2.24. The molecule has 1 aromatic carbocycles. The predicted molar refractivity (Wildman–Crippen MR) is 68.0 cm³/mol. The van der Waals surface area contributed by atoms with Crippen LogP contribution in [-0.2, 0) is 13.6 Å². The highest BCUT2D eigenvalue weighted by atomic mass is 35.5. The Hall–Kier alpha value is -2.08. The van der Waals surface area contributed by atoms with Crippen LogP contribution in [0.15, 0.2) is 24.5 Å². The Labute approximate surface area is 109 Å². The standard InChI is InChI=1S/C11H12ClN5O/c1-17-6-15-16-10(17)5-14-11(18)7-2-8(12)4-9(13)3-7/h2-4,6H,5,13H2,1H3,(H,14,18). The van der Waals surface area contributed by atoms with Crippen molar-refractivity contribution in [2.75, 3.05) is 5.73 Å². The minimum atomic E-state index is -0.257. The van der Waals surface area contributed by atoms with Gasteiger partial charge >= 0.3 is 0 Å². The highest BCUT2D eigenvalue weighted by Crippen LogP contribution is 2.16. The van der Waals surface area contributed by atoms with E-state index < -0.39 is 0 Å². The topological polar surface area (TPSA) is 85.8 Å². The van der Waals surface area contributed by atoms with Crippen molar-refractivity contribution in [3.05, 3.63) is 40.9 Å². The number of rotatable bonds is 3. The van der Waals surface area contributed by atoms with Crippen molar-refractivity contribution in [2.45, 2.75) is 6.54 Å². The number of nitrogens with one attached hydrogen (secondary N) is 1. The van der Waals surface area contributed by atoms with E-state index >= 15 is 0 Å². The lowest BCUT2D eigenvalue weighted by molar-refractivity contribution is 0.0949. The van der Waals surface area contributed by atoms with Crippen LogP contribution in [0.25, 0.3) is 0 Å². The number of carbonyl (C=O) groups excluding carboxylic acids is 1. The third kappa shape index (κ3) is 2.78. The molecule has 1 aromatic heterocycles. The Bertz CT molecular complexity index is 560. The van der Waals surface area contributed by atoms with Crippen LogP contribution in [0.5, 0.6) is 0 Å². The van der Waals surface area contributed by atoms with E-state index in [0.717, 1.165) is 0 Å². The highest BCUT2D eigenvalue weighted by Gasteiger charge is 2.08. The maximum Gasteiger partial charge on any atom is 0.251 e. The fourth-order valence-corrected chi connectivity index (χ4v) is 1.72. The molecule has 7 heteroatoms. The highest BCUT2D eigenvalue weighted by molar-refractivity contribution is 6.31. The molecule has 18 heavy (non-hydrogen) atoms. The van der Waals surface area contributed by atoms with Crippen LogP contribution in [0.1, 0.15) is 16.2 Å². The predicted octanol–water partition coefficient (Wildman–Crippen LogP) is 0.981. The molecule has 1 heterocycles. The number of aryl methyl sites for hydroxylation is 1. The molecule has 94 valence electrons. The molecule has 1 amide bonds. The molecule has 0 aliphatic heterocycles.